The number of carbonyl (C=O) groups is 1. The van der Waals surface area contributed by atoms with Crippen LogP contribution < -0.4 is 10.2 Å². The van der Waals surface area contributed by atoms with Crippen molar-refractivity contribution in [2.24, 2.45) is 0 Å². The normalized spacial score (nSPS) is 22.3. The number of nitrogens with zero attached hydrogens (tertiary/aromatic N) is 3. The van der Waals surface area contributed by atoms with Crippen LogP contribution in [0.2, 0.25) is 0 Å². The Labute approximate surface area is 163 Å². The van der Waals surface area contributed by atoms with Crippen molar-refractivity contribution in [3.8, 4) is 0 Å². The van der Waals surface area contributed by atoms with Gasteiger partial charge in [-0.2, -0.15) is 0 Å². The van der Waals surface area contributed by atoms with Gasteiger partial charge < -0.3 is 15.0 Å². The molecular formula is C20H26N4O2S. The van der Waals surface area contributed by atoms with E-state index in [2.05, 4.69) is 15.1 Å². The lowest BCUT2D eigenvalue weighted by Crippen LogP contribution is -2.49. The molecule has 3 fully saturated rings. The van der Waals surface area contributed by atoms with Crippen molar-refractivity contribution in [3.05, 3.63) is 23.8 Å². The fourth-order valence-electron chi connectivity index (χ4n) is 4.05. The highest BCUT2D eigenvalue weighted by molar-refractivity contribution is 7.22. The monoisotopic (exact) mass is 386 g/mol. The molecule has 0 unspecified atom stereocenters. The van der Waals surface area contributed by atoms with Crippen LogP contribution in [-0.2, 0) is 4.74 Å². The number of piperidine rings is 1. The van der Waals surface area contributed by atoms with E-state index >= 15 is 0 Å². The van der Waals surface area contributed by atoms with E-state index in [-0.39, 0.29) is 5.91 Å². The molecule has 1 saturated carbocycles. The highest BCUT2D eigenvalue weighted by Gasteiger charge is 2.27. The van der Waals surface area contributed by atoms with Crippen LogP contribution in [-0.4, -0.2) is 67.3 Å². The molecule has 0 bridgehead atoms. The number of anilines is 1. The van der Waals surface area contributed by atoms with Crippen LogP contribution in [0.5, 0.6) is 0 Å². The number of fused-ring (bicyclic) bond motifs is 1. The fourth-order valence-corrected chi connectivity index (χ4v) is 5.11. The van der Waals surface area contributed by atoms with Gasteiger partial charge >= 0.3 is 0 Å². The van der Waals surface area contributed by atoms with Crippen LogP contribution in [0.15, 0.2) is 18.2 Å². The molecule has 27 heavy (non-hydrogen) atoms. The Bertz CT molecular complexity index is 820. The van der Waals surface area contributed by atoms with Crippen LogP contribution in [0.3, 0.4) is 0 Å². The first-order valence-corrected chi connectivity index (χ1v) is 10.9. The standard InChI is InChI=1S/C20H26N4O2S/c25-19(21-15-2-3-15)14-1-4-17-18(13-14)27-20(22-17)24-7-5-16(6-8-24)23-9-11-26-12-10-23/h1,4,13,15-16H,2-3,5-12H2,(H,21,25). The largest absolute Gasteiger partial charge is 0.379 e. The van der Waals surface area contributed by atoms with Gasteiger partial charge in [-0.25, -0.2) is 4.98 Å². The van der Waals surface area contributed by atoms with E-state index < -0.39 is 0 Å². The van der Waals surface area contributed by atoms with Gasteiger partial charge in [-0.15, -0.1) is 0 Å². The highest BCUT2D eigenvalue weighted by Crippen LogP contribution is 2.32. The first-order chi connectivity index (χ1) is 13.3. The van der Waals surface area contributed by atoms with Gasteiger partial charge in [-0.3, -0.25) is 9.69 Å². The average molecular weight is 387 g/mol. The second-order valence-corrected chi connectivity index (χ2v) is 8.80. The second-order valence-electron chi connectivity index (χ2n) is 7.79. The number of benzene rings is 1. The second kappa shape index (κ2) is 7.37. The van der Waals surface area contributed by atoms with Gasteiger partial charge in [0, 0.05) is 43.8 Å². The Morgan fingerprint density at radius 2 is 1.89 bits per heavy atom. The fraction of sp³-hybridized carbons (Fsp3) is 0.600. The smallest absolute Gasteiger partial charge is 0.251 e. The van der Waals surface area contributed by atoms with Crippen molar-refractivity contribution < 1.29 is 9.53 Å². The predicted octanol–water partition coefficient (Wildman–Crippen LogP) is 2.49. The van der Waals surface area contributed by atoms with E-state index in [0.29, 0.717) is 12.1 Å². The molecule has 5 rings (SSSR count). The van der Waals surface area contributed by atoms with E-state index in [1.54, 1.807) is 11.3 Å². The molecule has 3 heterocycles. The van der Waals surface area contributed by atoms with Crippen molar-refractivity contribution in [2.45, 2.75) is 37.8 Å². The molecule has 2 saturated heterocycles. The first-order valence-electron chi connectivity index (χ1n) is 10.0. The summed E-state index contributed by atoms with van der Waals surface area (Å²) in [6.07, 6.45) is 4.59. The molecule has 6 nitrogen and oxygen atoms in total. The number of nitrogens with one attached hydrogen (secondary N) is 1. The number of morpholine rings is 1. The summed E-state index contributed by atoms with van der Waals surface area (Å²) in [5.41, 5.74) is 1.74. The van der Waals surface area contributed by atoms with Crippen LogP contribution in [0.1, 0.15) is 36.0 Å². The van der Waals surface area contributed by atoms with E-state index in [4.69, 9.17) is 9.72 Å². The molecule has 144 valence electrons. The minimum absolute atomic E-state index is 0.0423. The number of hydrogen-bond donors (Lipinski definition) is 1. The van der Waals surface area contributed by atoms with Crippen molar-refractivity contribution in [3.63, 3.8) is 0 Å². The summed E-state index contributed by atoms with van der Waals surface area (Å²) in [6, 6.07) is 6.94. The van der Waals surface area contributed by atoms with Crippen LogP contribution in [0, 0.1) is 0 Å². The molecule has 1 amide bonds. The molecule has 3 aliphatic rings. The zero-order chi connectivity index (χ0) is 18.2. The minimum Gasteiger partial charge on any atom is -0.379 e. The van der Waals surface area contributed by atoms with Crippen LogP contribution >= 0.6 is 11.3 Å². The minimum atomic E-state index is 0.0423. The zero-order valence-electron chi connectivity index (χ0n) is 15.5. The number of carbonyl (C=O) groups excluding carboxylic acids is 1. The Kier molecular flexibility index (Phi) is 4.75. The third-order valence-electron chi connectivity index (χ3n) is 5.85. The Balaban J connectivity index is 1.25. The summed E-state index contributed by atoms with van der Waals surface area (Å²) < 4.78 is 6.58. The number of thiazole rings is 1. The van der Waals surface area contributed by atoms with Crippen LogP contribution in [0.4, 0.5) is 5.13 Å². The molecule has 2 aliphatic heterocycles. The zero-order valence-corrected chi connectivity index (χ0v) is 16.3. The predicted molar refractivity (Wildman–Crippen MR) is 108 cm³/mol. The van der Waals surface area contributed by atoms with Crippen molar-refractivity contribution in [1.29, 1.82) is 0 Å². The lowest BCUT2D eigenvalue weighted by Gasteiger charge is -2.40. The highest BCUT2D eigenvalue weighted by atomic mass is 32.1. The Hall–Kier alpha value is -1.70. The Morgan fingerprint density at radius 1 is 1.11 bits per heavy atom. The maximum atomic E-state index is 12.3. The maximum Gasteiger partial charge on any atom is 0.251 e. The number of aromatic nitrogens is 1. The first kappa shape index (κ1) is 17.4. The van der Waals surface area contributed by atoms with Gasteiger partial charge in [-0.1, -0.05) is 11.3 Å². The third-order valence-corrected chi connectivity index (χ3v) is 6.93. The molecule has 7 heteroatoms. The molecule has 1 aromatic heterocycles. The van der Waals surface area contributed by atoms with E-state index in [0.717, 1.165) is 73.1 Å². The van der Waals surface area contributed by atoms with Crippen LogP contribution in [0.25, 0.3) is 10.2 Å². The number of hydrogen-bond acceptors (Lipinski definition) is 6. The van der Waals surface area contributed by atoms with Gasteiger partial charge in [-0.05, 0) is 43.9 Å². The topological polar surface area (TPSA) is 57.7 Å². The summed E-state index contributed by atoms with van der Waals surface area (Å²) in [4.78, 5) is 22.1. The molecule has 2 aromatic rings. The lowest BCUT2D eigenvalue weighted by atomic mass is 10.0. The molecule has 0 spiro atoms. The maximum absolute atomic E-state index is 12.3. The van der Waals surface area contributed by atoms with Gasteiger partial charge in [0.05, 0.1) is 23.4 Å². The quantitative estimate of drug-likeness (QED) is 0.875. The van der Waals surface area contributed by atoms with E-state index in [1.807, 2.05) is 18.2 Å². The summed E-state index contributed by atoms with van der Waals surface area (Å²) in [7, 11) is 0. The number of ether oxygens (including phenoxy) is 1. The molecule has 1 N–H and O–H groups in total. The molecule has 1 aliphatic carbocycles. The summed E-state index contributed by atoms with van der Waals surface area (Å²) >= 11 is 1.71. The third kappa shape index (κ3) is 3.81. The van der Waals surface area contributed by atoms with Crippen molar-refractivity contribution in [1.82, 2.24) is 15.2 Å². The SMILES string of the molecule is O=C(NC1CC1)c1ccc2nc(N3CCC(N4CCOCC4)CC3)sc2c1. The average Bonchev–Trinajstić information content (AvgIpc) is 3.43. The lowest BCUT2D eigenvalue weighted by molar-refractivity contribution is 0.0115. The molecule has 1 aromatic carbocycles. The summed E-state index contributed by atoms with van der Waals surface area (Å²) in [5.74, 6) is 0.0423. The van der Waals surface area contributed by atoms with Crippen molar-refractivity contribution in [2.75, 3.05) is 44.3 Å². The van der Waals surface area contributed by atoms with Crippen molar-refractivity contribution >= 4 is 32.6 Å². The summed E-state index contributed by atoms with van der Waals surface area (Å²) in [5, 5.41) is 4.15. The Morgan fingerprint density at radius 3 is 2.63 bits per heavy atom. The van der Waals surface area contributed by atoms with E-state index in [9.17, 15) is 4.79 Å². The van der Waals surface area contributed by atoms with Gasteiger partial charge in [0.1, 0.15) is 0 Å². The number of rotatable bonds is 4. The molecule has 0 atom stereocenters. The number of amides is 1. The van der Waals surface area contributed by atoms with Gasteiger partial charge in [0.15, 0.2) is 5.13 Å². The van der Waals surface area contributed by atoms with E-state index in [1.165, 1.54) is 12.8 Å². The molecular weight excluding hydrogens is 360 g/mol. The summed E-state index contributed by atoms with van der Waals surface area (Å²) in [6.45, 7) is 5.98. The van der Waals surface area contributed by atoms with Gasteiger partial charge in [0.2, 0.25) is 0 Å². The molecule has 0 radical (unpaired) electrons. The van der Waals surface area contributed by atoms with Gasteiger partial charge in [0.25, 0.3) is 5.91 Å².